The van der Waals surface area contributed by atoms with Gasteiger partial charge in [0.1, 0.15) is 11.5 Å². The highest BCUT2D eigenvalue weighted by Crippen LogP contribution is 2.56. The number of benzene rings is 2. The summed E-state index contributed by atoms with van der Waals surface area (Å²) >= 11 is 0. The molecule has 160 valence electrons. The maximum Gasteiger partial charge on any atom is 0.257 e. The highest BCUT2D eigenvalue weighted by Gasteiger charge is 2.61. The number of nitrogens with zero attached hydrogens (tertiary/aromatic N) is 1. The minimum Gasteiger partial charge on any atom is -0.497 e. The molecule has 2 aromatic carbocycles. The number of ether oxygens (including phenoxy) is 2. The molecule has 7 nitrogen and oxygen atoms in total. The Morgan fingerprint density at radius 1 is 0.968 bits per heavy atom. The first-order chi connectivity index (χ1) is 15.0. The number of fused-ring (bicyclic) bond motifs is 5. The van der Waals surface area contributed by atoms with Gasteiger partial charge in [-0.15, -0.1) is 0 Å². The van der Waals surface area contributed by atoms with E-state index in [0.29, 0.717) is 34.7 Å². The van der Waals surface area contributed by atoms with E-state index in [1.54, 1.807) is 42.5 Å². The lowest BCUT2D eigenvalue weighted by molar-refractivity contribution is -0.123. The maximum atomic E-state index is 13.2. The van der Waals surface area contributed by atoms with E-state index in [4.69, 9.17) is 9.47 Å². The Morgan fingerprint density at radius 3 is 2.29 bits per heavy atom. The molecule has 3 amide bonds. The second-order valence-corrected chi connectivity index (χ2v) is 8.43. The fourth-order valence-electron chi connectivity index (χ4n) is 5.61. The second kappa shape index (κ2) is 7.41. The number of carbonyl (C=O) groups excluding carboxylic acids is 3. The Bertz CT molecular complexity index is 1050. The topological polar surface area (TPSA) is 84.9 Å². The number of para-hydroxylation sites is 1. The molecule has 7 heteroatoms. The van der Waals surface area contributed by atoms with Crippen molar-refractivity contribution in [3.05, 3.63) is 48.0 Å². The average molecular weight is 420 g/mol. The first-order valence-corrected chi connectivity index (χ1v) is 10.5. The Labute approximate surface area is 180 Å². The van der Waals surface area contributed by atoms with Gasteiger partial charge >= 0.3 is 0 Å². The summed E-state index contributed by atoms with van der Waals surface area (Å²) in [6, 6.07) is 11.8. The number of nitrogens with one attached hydrogen (secondary N) is 1. The molecule has 2 bridgehead atoms. The van der Waals surface area contributed by atoms with Gasteiger partial charge in [-0.25, -0.2) is 4.90 Å². The van der Waals surface area contributed by atoms with Crippen LogP contribution in [-0.2, 0) is 9.59 Å². The molecular formula is C24H24N2O5. The van der Waals surface area contributed by atoms with Crippen LogP contribution in [0.4, 0.5) is 11.4 Å². The quantitative estimate of drug-likeness (QED) is 0.749. The number of hydrogen-bond acceptors (Lipinski definition) is 5. The molecule has 0 unspecified atom stereocenters. The van der Waals surface area contributed by atoms with Crippen molar-refractivity contribution in [3.63, 3.8) is 0 Å². The number of rotatable bonds is 5. The van der Waals surface area contributed by atoms with Crippen molar-refractivity contribution in [3.8, 4) is 11.5 Å². The Balaban J connectivity index is 1.47. The number of hydrogen-bond donors (Lipinski definition) is 1. The monoisotopic (exact) mass is 420 g/mol. The smallest absolute Gasteiger partial charge is 0.257 e. The van der Waals surface area contributed by atoms with Crippen LogP contribution in [0, 0.1) is 23.7 Å². The van der Waals surface area contributed by atoms with Gasteiger partial charge in [-0.05, 0) is 55.4 Å². The van der Waals surface area contributed by atoms with Crippen LogP contribution < -0.4 is 19.7 Å². The predicted octanol–water partition coefficient (Wildman–Crippen LogP) is 3.49. The lowest BCUT2D eigenvalue weighted by Gasteiger charge is -2.20. The van der Waals surface area contributed by atoms with Crippen LogP contribution in [-0.4, -0.2) is 31.9 Å². The van der Waals surface area contributed by atoms with Crippen LogP contribution in [0.25, 0.3) is 0 Å². The zero-order valence-corrected chi connectivity index (χ0v) is 17.5. The van der Waals surface area contributed by atoms with Crippen molar-refractivity contribution in [2.45, 2.75) is 19.3 Å². The molecule has 5 rings (SSSR count). The number of carbonyl (C=O) groups is 3. The van der Waals surface area contributed by atoms with Crippen LogP contribution in [0.1, 0.15) is 29.6 Å². The van der Waals surface area contributed by atoms with Crippen molar-refractivity contribution in [2.24, 2.45) is 23.7 Å². The van der Waals surface area contributed by atoms with Crippen molar-refractivity contribution in [1.82, 2.24) is 0 Å². The molecule has 0 radical (unpaired) electrons. The predicted molar refractivity (Wildman–Crippen MR) is 114 cm³/mol. The SMILES string of the molecule is COc1ccc(OC)c(NC(=O)c2ccccc2N2C(=O)[C@@H]3[C@H]4CC[C@@H](C4)[C@H]3C2=O)c1. The summed E-state index contributed by atoms with van der Waals surface area (Å²) in [5.41, 5.74) is 1.04. The largest absolute Gasteiger partial charge is 0.497 e. The Morgan fingerprint density at radius 2 is 1.65 bits per heavy atom. The van der Waals surface area contributed by atoms with Crippen LogP contribution in [0.15, 0.2) is 42.5 Å². The summed E-state index contributed by atoms with van der Waals surface area (Å²) in [5, 5.41) is 2.83. The van der Waals surface area contributed by atoms with Crippen molar-refractivity contribution >= 4 is 29.1 Å². The van der Waals surface area contributed by atoms with Crippen LogP contribution in [0.2, 0.25) is 0 Å². The maximum absolute atomic E-state index is 13.2. The van der Waals surface area contributed by atoms with E-state index < -0.39 is 5.91 Å². The molecule has 31 heavy (non-hydrogen) atoms. The Kier molecular flexibility index (Phi) is 4.68. The van der Waals surface area contributed by atoms with Crippen molar-refractivity contribution in [1.29, 1.82) is 0 Å². The van der Waals surface area contributed by atoms with E-state index in [2.05, 4.69) is 5.32 Å². The Hall–Kier alpha value is -3.35. The first kappa shape index (κ1) is 19.6. The molecule has 2 aliphatic carbocycles. The minimum absolute atomic E-state index is 0.165. The summed E-state index contributed by atoms with van der Waals surface area (Å²) in [5.74, 6) is 0.396. The summed E-state index contributed by atoms with van der Waals surface area (Å²) in [7, 11) is 3.05. The van der Waals surface area contributed by atoms with Gasteiger partial charge in [-0.1, -0.05) is 12.1 Å². The van der Waals surface area contributed by atoms with Crippen LogP contribution in [0.3, 0.4) is 0 Å². The third kappa shape index (κ3) is 2.99. The molecule has 2 aromatic rings. The summed E-state index contributed by atoms with van der Waals surface area (Å²) < 4.78 is 10.6. The van der Waals surface area contributed by atoms with E-state index in [0.717, 1.165) is 19.3 Å². The van der Waals surface area contributed by atoms with E-state index in [1.165, 1.54) is 19.1 Å². The standard InChI is InChI=1S/C24H24N2O5/c1-30-15-9-10-19(31-2)17(12-15)25-22(27)16-5-3-4-6-18(16)26-23(28)20-13-7-8-14(11-13)21(20)24(26)29/h3-6,9-10,12-14,20-21H,7-8,11H2,1-2H3,(H,25,27)/t13-,14-,20+,21+/m0/s1. The van der Waals surface area contributed by atoms with Gasteiger partial charge in [0.05, 0.1) is 43.0 Å². The summed E-state index contributed by atoms with van der Waals surface area (Å²) in [4.78, 5) is 40.9. The van der Waals surface area contributed by atoms with Gasteiger partial charge in [-0.3, -0.25) is 14.4 Å². The number of imide groups is 1. The highest BCUT2D eigenvalue weighted by molar-refractivity contribution is 6.25. The van der Waals surface area contributed by atoms with E-state index in [9.17, 15) is 14.4 Å². The van der Waals surface area contributed by atoms with Crippen molar-refractivity contribution in [2.75, 3.05) is 24.4 Å². The third-order valence-electron chi connectivity index (χ3n) is 6.97. The van der Waals surface area contributed by atoms with Gasteiger partial charge in [0, 0.05) is 6.07 Å². The zero-order valence-electron chi connectivity index (χ0n) is 17.5. The second-order valence-electron chi connectivity index (χ2n) is 8.43. The van der Waals surface area contributed by atoms with Crippen LogP contribution >= 0.6 is 0 Å². The fraction of sp³-hybridized carbons (Fsp3) is 0.375. The molecule has 1 saturated heterocycles. The lowest BCUT2D eigenvalue weighted by atomic mass is 9.81. The minimum atomic E-state index is -0.428. The number of methoxy groups -OCH3 is 2. The molecule has 3 aliphatic rings. The molecular weight excluding hydrogens is 396 g/mol. The molecule has 3 fully saturated rings. The fourth-order valence-corrected chi connectivity index (χ4v) is 5.61. The normalized spacial score (nSPS) is 26.2. The van der Waals surface area contributed by atoms with Gasteiger partial charge < -0.3 is 14.8 Å². The molecule has 4 atom stereocenters. The van der Waals surface area contributed by atoms with Crippen LogP contribution in [0.5, 0.6) is 11.5 Å². The molecule has 0 spiro atoms. The van der Waals surface area contributed by atoms with E-state index in [1.807, 2.05) is 0 Å². The molecule has 1 heterocycles. The zero-order chi connectivity index (χ0) is 21.7. The number of amides is 3. The molecule has 0 aromatic heterocycles. The number of anilines is 2. The van der Waals surface area contributed by atoms with E-state index >= 15 is 0 Å². The molecule has 2 saturated carbocycles. The van der Waals surface area contributed by atoms with Crippen molar-refractivity contribution < 1.29 is 23.9 Å². The van der Waals surface area contributed by atoms with E-state index in [-0.39, 0.29) is 29.2 Å². The summed E-state index contributed by atoms with van der Waals surface area (Å²) in [6.07, 6.45) is 2.99. The highest BCUT2D eigenvalue weighted by atomic mass is 16.5. The average Bonchev–Trinajstić information content (AvgIpc) is 3.47. The van der Waals surface area contributed by atoms with Gasteiger partial charge in [0.2, 0.25) is 11.8 Å². The van der Waals surface area contributed by atoms with Gasteiger partial charge in [0.25, 0.3) is 5.91 Å². The molecule has 1 N–H and O–H groups in total. The van der Waals surface area contributed by atoms with Gasteiger partial charge in [-0.2, -0.15) is 0 Å². The first-order valence-electron chi connectivity index (χ1n) is 10.5. The van der Waals surface area contributed by atoms with Gasteiger partial charge in [0.15, 0.2) is 0 Å². The summed E-state index contributed by atoms with van der Waals surface area (Å²) in [6.45, 7) is 0. The molecule has 1 aliphatic heterocycles. The third-order valence-corrected chi connectivity index (χ3v) is 6.97. The lowest BCUT2D eigenvalue weighted by Crippen LogP contribution is -2.34.